The van der Waals surface area contributed by atoms with Crippen LogP contribution in [0.15, 0.2) is 0 Å². The maximum atomic E-state index is 11.8. The van der Waals surface area contributed by atoms with Crippen molar-refractivity contribution < 1.29 is 4.79 Å². The van der Waals surface area contributed by atoms with Gasteiger partial charge in [0.15, 0.2) is 0 Å². The summed E-state index contributed by atoms with van der Waals surface area (Å²) in [5.41, 5.74) is 0. The van der Waals surface area contributed by atoms with Crippen molar-refractivity contribution in [2.45, 2.75) is 116 Å². The summed E-state index contributed by atoms with van der Waals surface area (Å²) >= 11 is 0. The van der Waals surface area contributed by atoms with E-state index >= 15 is 0 Å². The number of hydrogen-bond donors (Lipinski definition) is 2. The van der Waals surface area contributed by atoms with E-state index in [0.717, 1.165) is 32.4 Å². The standard InChI is InChI=1S/C21H42N2O/c1-2-3-4-5-6-7-8-9-10-11-12-13-14-15-18-23-21(24)20-17-16-19-22-20/h20,22H,2-19H2,1H3,(H,23,24)/t20-/m1/s1. The number of nitrogens with one attached hydrogen (secondary N) is 2. The minimum atomic E-state index is 0.0802. The van der Waals surface area contributed by atoms with Crippen molar-refractivity contribution in [1.82, 2.24) is 10.6 Å². The molecule has 24 heavy (non-hydrogen) atoms. The second-order valence-corrected chi connectivity index (χ2v) is 7.54. The van der Waals surface area contributed by atoms with Gasteiger partial charge in [-0.05, 0) is 25.8 Å². The third kappa shape index (κ3) is 11.9. The van der Waals surface area contributed by atoms with E-state index in [0.29, 0.717) is 0 Å². The third-order valence-electron chi connectivity index (χ3n) is 5.21. The molecule has 0 spiro atoms. The fraction of sp³-hybridized carbons (Fsp3) is 0.952. The molecule has 1 rings (SSSR count). The van der Waals surface area contributed by atoms with Gasteiger partial charge >= 0.3 is 0 Å². The van der Waals surface area contributed by atoms with Crippen LogP contribution in [-0.2, 0) is 4.79 Å². The lowest BCUT2D eigenvalue weighted by molar-refractivity contribution is -0.122. The lowest BCUT2D eigenvalue weighted by atomic mass is 10.0. The third-order valence-corrected chi connectivity index (χ3v) is 5.21. The van der Waals surface area contributed by atoms with Crippen molar-refractivity contribution in [3.05, 3.63) is 0 Å². The smallest absolute Gasteiger partial charge is 0.237 e. The molecule has 1 saturated heterocycles. The van der Waals surface area contributed by atoms with E-state index in [9.17, 15) is 4.79 Å². The molecule has 0 unspecified atom stereocenters. The Balaban J connectivity index is 1.71. The van der Waals surface area contributed by atoms with Crippen molar-refractivity contribution in [2.24, 2.45) is 0 Å². The minimum Gasteiger partial charge on any atom is -0.355 e. The lowest BCUT2D eigenvalue weighted by Crippen LogP contribution is -2.40. The van der Waals surface area contributed by atoms with Gasteiger partial charge in [0.1, 0.15) is 0 Å². The number of carbonyl (C=O) groups excluding carboxylic acids is 1. The van der Waals surface area contributed by atoms with Crippen LogP contribution >= 0.6 is 0 Å². The van der Waals surface area contributed by atoms with Crippen LogP contribution in [0.2, 0.25) is 0 Å². The first-order valence-corrected chi connectivity index (χ1v) is 10.9. The van der Waals surface area contributed by atoms with E-state index in [-0.39, 0.29) is 11.9 Å². The van der Waals surface area contributed by atoms with Crippen molar-refractivity contribution >= 4 is 5.91 Å². The molecule has 0 aromatic carbocycles. The Bertz CT molecular complexity index is 288. The van der Waals surface area contributed by atoms with E-state index < -0.39 is 0 Å². The zero-order valence-corrected chi connectivity index (χ0v) is 16.2. The number of rotatable bonds is 16. The largest absolute Gasteiger partial charge is 0.355 e. The van der Waals surface area contributed by atoms with Gasteiger partial charge in [0.25, 0.3) is 0 Å². The Morgan fingerprint density at radius 3 is 1.79 bits per heavy atom. The van der Waals surface area contributed by atoms with Gasteiger partial charge in [-0.2, -0.15) is 0 Å². The Labute approximate surface area is 150 Å². The minimum absolute atomic E-state index is 0.0802. The Morgan fingerprint density at radius 2 is 1.33 bits per heavy atom. The van der Waals surface area contributed by atoms with E-state index in [4.69, 9.17) is 0 Å². The maximum absolute atomic E-state index is 11.8. The number of carbonyl (C=O) groups is 1. The molecular weight excluding hydrogens is 296 g/mol. The summed E-state index contributed by atoms with van der Waals surface area (Å²) in [7, 11) is 0. The van der Waals surface area contributed by atoms with Crippen molar-refractivity contribution in [2.75, 3.05) is 13.1 Å². The van der Waals surface area contributed by atoms with Crippen LogP contribution in [0, 0.1) is 0 Å². The number of unbranched alkanes of at least 4 members (excludes halogenated alkanes) is 13. The van der Waals surface area contributed by atoms with Crippen LogP contribution in [0.25, 0.3) is 0 Å². The zero-order valence-electron chi connectivity index (χ0n) is 16.2. The summed E-state index contributed by atoms with van der Waals surface area (Å²) in [6, 6.07) is 0.0802. The molecule has 2 N–H and O–H groups in total. The first-order chi connectivity index (χ1) is 11.8. The van der Waals surface area contributed by atoms with Gasteiger partial charge in [0.2, 0.25) is 5.91 Å². The van der Waals surface area contributed by atoms with Crippen molar-refractivity contribution in [1.29, 1.82) is 0 Å². The quantitative estimate of drug-likeness (QED) is 0.373. The summed E-state index contributed by atoms with van der Waals surface area (Å²) in [6.07, 6.45) is 21.5. The van der Waals surface area contributed by atoms with Gasteiger partial charge in [-0.25, -0.2) is 0 Å². The first-order valence-electron chi connectivity index (χ1n) is 10.9. The average molecular weight is 339 g/mol. The molecule has 0 saturated carbocycles. The highest BCUT2D eigenvalue weighted by Crippen LogP contribution is 2.12. The maximum Gasteiger partial charge on any atom is 0.237 e. The highest BCUT2D eigenvalue weighted by Gasteiger charge is 2.20. The predicted molar refractivity (Wildman–Crippen MR) is 104 cm³/mol. The normalized spacial score (nSPS) is 17.3. The van der Waals surface area contributed by atoms with E-state index in [1.807, 2.05) is 0 Å². The van der Waals surface area contributed by atoms with Crippen LogP contribution in [0.4, 0.5) is 0 Å². The summed E-state index contributed by atoms with van der Waals surface area (Å²) in [6.45, 7) is 4.13. The summed E-state index contributed by atoms with van der Waals surface area (Å²) < 4.78 is 0. The summed E-state index contributed by atoms with van der Waals surface area (Å²) in [5, 5.41) is 6.31. The first kappa shape index (κ1) is 21.5. The van der Waals surface area contributed by atoms with E-state index in [1.165, 1.54) is 83.5 Å². The molecular formula is C21H42N2O. The Morgan fingerprint density at radius 1 is 0.833 bits per heavy atom. The molecule has 0 radical (unpaired) electrons. The van der Waals surface area contributed by atoms with Gasteiger partial charge in [-0.15, -0.1) is 0 Å². The van der Waals surface area contributed by atoms with Crippen molar-refractivity contribution in [3.8, 4) is 0 Å². The molecule has 1 fully saturated rings. The average Bonchev–Trinajstić information content (AvgIpc) is 3.13. The molecule has 0 aromatic rings. The molecule has 1 amide bonds. The SMILES string of the molecule is CCCCCCCCCCCCCCCCNC(=O)[C@H]1CCCN1. The molecule has 1 aliphatic rings. The van der Waals surface area contributed by atoms with Crippen LogP contribution in [0.5, 0.6) is 0 Å². The summed E-state index contributed by atoms with van der Waals surface area (Å²) in [5.74, 6) is 0.210. The Hall–Kier alpha value is -0.570. The molecule has 0 bridgehead atoms. The van der Waals surface area contributed by atoms with Gasteiger partial charge in [0.05, 0.1) is 6.04 Å². The highest BCUT2D eigenvalue weighted by molar-refractivity contribution is 5.81. The Kier molecular flexibility index (Phi) is 14.3. The van der Waals surface area contributed by atoms with Crippen LogP contribution in [0.1, 0.15) is 110 Å². The molecule has 1 aliphatic heterocycles. The van der Waals surface area contributed by atoms with Crippen LogP contribution in [-0.4, -0.2) is 25.0 Å². The van der Waals surface area contributed by atoms with E-state index in [2.05, 4.69) is 17.6 Å². The van der Waals surface area contributed by atoms with Crippen LogP contribution in [0.3, 0.4) is 0 Å². The fourth-order valence-electron chi connectivity index (χ4n) is 3.56. The topological polar surface area (TPSA) is 41.1 Å². The van der Waals surface area contributed by atoms with E-state index in [1.54, 1.807) is 0 Å². The second-order valence-electron chi connectivity index (χ2n) is 7.54. The molecule has 0 aromatic heterocycles. The number of amides is 1. The predicted octanol–water partition coefficient (Wildman–Crippen LogP) is 5.34. The highest BCUT2D eigenvalue weighted by atomic mass is 16.2. The molecule has 0 aliphatic carbocycles. The molecule has 1 atom stereocenters. The van der Waals surface area contributed by atoms with Gasteiger partial charge in [-0.1, -0.05) is 90.4 Å². The molecule has 142 valence electrons. The van der Waals surface area contributed by atoms with Crippen molar-refractivity contribution in [3.63, 3.8) is 0 Å². The number of hydrogen-bond acceptors (Lipinski definition) is 2. The molecule has 3 heteroatoms. The summed E-state index contributed by atoms with van der Waals surface area (Å²) in [4.78, 5) is 11.8. The lowest BCUT2D eigenvalue weighted by Gasteiger charge is -2.10. The zero-order chi connectivity index (χ0) is 17.3. The fourth-order valence-corrected chi connectivity index (χ4v) is 3.56. The van der Waals surface area contributed by atoms with Gasteiger partial charge < -0.3 is 10.6 Å². The molecule has 3 nitrogen and oxygen atoms in total. The van der Waals surface area contributed by atoms with Crippen LogP contribution < -0.4 is 10.6 Å². The van der Waals surface area contributed by atoms with Gasteiger partial charge in [-0.3, -0.25) is 4.79 Å². The van der Waals surface area contributed by atoms with Gasteiger partial charge in [0, 0.05) is 6.54 Å². The second kappa shape index (κ2) is 15.9. The monoisotopic (exact) mass is 338 g/mol. The molecule has 1 heterocycles.